The van der Waals surface area contributed by atoms with Gasteiger partial charge in [0.05, 0.1) is 6.54 Å². The quantitative estimate of drug-likeness (QED) is 0.237. The minimum Gasteiger partial charge on any atom is -0.339 e. The lowest BCUT2D eigenvalue weighted by Gasteiger charge is -2.25. The van der Waals surface area contributed by atoms with Crippen LogP contribution in [-0.4, -0.2) is 60.0 Å². The third-order valence-electron chi connectivity index (χ3n) is 5.45. The topological polar surface area (TPSA) is 137 Å². The Hall–Kier alpha value is -3.71. The molecule has 0 spiro atoms. The molecule has 6 N–H and O–H groups in total. The minimum absolute atomic E-state index is 0.0142. The van der Waals surface area contributed by atoms with Gasteiger partial charge in [-0.2, -0.15) is 0 Å². The SMILES string of the molecule is NC[C@H](NC(=O)c1ccc(C#Cc2ccc(NC(=O)CN3CCCCC3)cc2)cc1)C(=O)NO. The van der Waals surface area contributed by atoms with E-state index in [2.05, 4.69) is 27.4 Å². The molecule has 0 aliphatic carbocycles. The fourth-order valence-corrected chi connectivity index (χ4v) is 3.56. The molecule has 1 heterocycles. The van der Waals surface area contributed by atoms with E-state index in [9.17, 15) is 14.4 Å². The Kier molecular flexibility index (Phi) is 9.17. The summed E-state index contributed by atoms with van der Waals surface area (Å²) >= 11 is 0. The van der Waals surface area contributed by atoms with Crippen LogP contribution >= 0.6 is 0 Å². The summed E-state index contributed by atoms with van der Waals surface area (Å²) in [6, 6.07) is 12.9. The molecule has 0 saturated carbocycles. The maximum absolute atomic E-state index is 12.2. The number of hydrogen-bond acceptors (Lipinski definition) is 6. The number of rotatable bonds is 7. The predicted octanol–water partition coefficient (Wildman–Crippen LogP) is 1.07. The van der Waals surface area contributed by atoms with Crippen LogP contribution in [0.2, 0.25) is 0 Å². The van der Waals surface area contributed by atoms with Gasteiger partial charge >= 0.3 is 0 Å². The average molecular weight is 464 g/mol. The summed E-state index contributed by atoms with van der Waals surface area (Å²) in [5.41, 5.74) is 9.47. The second-order valence-corrected chi connectivity index (χ2v) is 8.03. The number of nitrogens with two attached hydrogens (primary N) is 1. The number of hydrogen-bond donors (Lipinski definition) is 5. The summed E-state index contributed by atoms with van der Waals surface area (Å²) in [7, 11) is 0. The highest BCUT2D eigenvalue weighted by molar-refractivity contribution is 5.97. The lowest BCUT2D eigenvalue weighted by atomic mass is 10.1. The number of nitrogens with zero attached hydrogens (tertiary/aromatic N) is 1. The van der Waals surface area contributed by atoms with Crippen molar-refractivity contribution in [2.24, 2.45) is 5.73 Å². The molecule has 1 saturated heterocycles. The lowest BCUT2D eigenvalue weighted by molar-refractivity contribution is -0.130. The number of anilines is 1. The summed E-state index contributed by atoms with van der Waals surface area (Å²) in [6.45, 7) is 2.21. The van der Waals surface area contributed by atoms with Crippen molar-refractivity contribution in [2.45, 2.75) is 25.3 Å². The van der Waals surface area contributed by atoms with E-state index in [1.165, 1.54) is 11.9 Å². The van der Waals surface area contributed by atoms with Crippen molar-refractivity contribution in [1.29, 1.82) is 0 Å². The number of carbonyl (C=O) groups excluding carboxylic acids is 3. The van der Waals surface area contributed by atoms with Gasteiger partial charge in [0.1, 0.15) is 6.04 Å². The van der Waals surface area contributed by atoms with Crippen molar-refractivity contribution in [3.63, 3.8) is 0 Å². The molecule has 1 fully saturated rings. The highest BCUT2D eigenvalue weighted by Gasteiger charge is 2.19. The Labute approximate surface area is 198 Å². The molecule has 3 amide bonds. The third-order valence-corrected chi connectivity index (χ3v) is 5.45. The Balaban J connectivity index is 1.53. The molecule has 0 unspecified atom stereocenters. The molecular formula is C25H29N5O4. The first-order valence-electron chi connectivity index (χ1n) is 11.2. The fraction of sp³-hybridized carbons (Fsp3) is 0.320. The van der Waals surface area contributed by atoms with Crippen molar-refractivity contribution < 1.29 is 19.6 Å². The van der Waals surface area contributed by atoms with Crippen LogP contribution in [0.4, 0.5) is 5.69 Å². The molecule has 2 aromatic carbocycles. The van der Waals surface area contributed by atoms with Crippen LogP contribution in [0.3, 0.4) is 0 Å². The van der Waals surface area contributed by atoms with Crippen LogP contribution < -0.4 is 21.8 Å². The molecule has 0 bridgehead atoms. The second-order valence-electron chi connectivity index (χ2n) is 8.03. The molecule has 3 rings (SSSR count). The standard InChI is InChI=1S/C25H29N5O4/c26-16-22(25(33)29-34)28-24(32)20-10-6-18(7-11-20)4-5-19-8-12-21(13-9-19)27-23(31)17-30-14-2-1-3-15-30/h6-13,22,34H,1-3,14-17,26H2,(H,27,31)(H,28,32)(H,29,33)/t22-/m0/s1. The zero-order valence-electron chi connectivity index (χ0n) is 18.8. The Morgan fingerprint density at radius 1 is 0.941 bits per heavy atom. The van der Waals surface area contributed by atoms with E-state index in [1.54, 1.807) is 24.3 Å². The van der Waals surface area contributed by atoms with Crippen LogP contribution in [0, 0.1) is 11.8 Å². The van der Waals surface area contributed by atoms with Gasteiger partial charge in [0.15, 0.2) is 0 Å². The van der Waals surface area contributed by atoms with E-state index in [0.29, 0.717) is 17.7 Å². The van der Waals surface area contributed by atoms with Crippen LogP contribution in [-0.2, 0) is 9.59 Å². The first-order chi connectivity index (χ1) is 16.5. The zero-order valence-corrected chi connectivity index (χ0v) is 18.8. The maximum Gasteiger partial charge on any atom is 0.267 e. The van der Waals surface area contributed by atoms with Crippen LogP contribution in [0.15, 0.2) is 48.5 Å². The van der Waals surface area contributed by atoms with E-state index in [0.717, 1.165) is 37.2 Å². The first kappa shape index (κ1) is 24.9. The van der Waals surface area contributed by atoms with E-state index >= 15 is 0 Å². The summed E-state index contributed by atoms with van der Waals surface area (Å²) in [4.78, 5) is 38.1. The van der Waals surface area contributed by atoms with E-state index in [4.69, 9.17) is 10.9 Å². The zero-order chi connectivity index (χ0) is 24.3. The highest BCUT2D eigenvalue weighted by Crippen LogP contribution is 2.11. The fourth-order valence-electron chi connectivity index (χ4n) is 3.56. The number of likely N-dealkylation sites (tertiary alicyclic amines) is 1. The van der Waals surface area contributed by atoms with Gasteiger partial charge in [-0.15, -0.1) is 0 Å². The molecule has 0 aromatic heterocycles. The summed E-state index contributed by atoms with van der Waals surface area (Å²) in [5.74, 6) is 4.79. The number of hydroxylamine groups is 1. The van der Waals surface area contributed by atoms with Crippen molar-refractivity contribution >= 4 is 23.4 Å². The number of benzene rings is 2. The normalized spacial score (nSPS) is 14.3. The van der Waals surface area contributed by atoms with Crippen molar-refractivity contribution in [1.82, 2.24) is 15.7 Å². The van der Waals surface area contributed by atoms with Crippen molar-refractivity contribution in [3.8, 4) is 11.8 Å². The molecule has 178 valence electrons. The average Bonchev–Trinajstić information content (AvgIpc) is 2.87. The highest BCUT2D eigenvalue weighted by atomic mass is 16.5. The van der Waals surface area contributed by atoms with E-state index in [-0.39, 0.29) is 12.5 Å². The van der Waals surface area contributed by atoms with Crippen molar-refractivity contribution in [3.05, 3.63) is 65.2 Å². The smallest absolute Gasteiger partial charge is 0.267 e. The predicted molar refractivity (Wildman–Crippen MR) is 128 cm³/mol. The van der Waals surface area contributed by atoms with Gasteiger partial charge in [0.25, 0.3) is 11.8 Å². The van der Waals surface area contributed by atoms with Crippen LogP contribution in [0.1, 0.15) is 40.7 Å². The Morgan fingerprint density at radius 3 is 2.09 bits per heavy atom. The van der Waals surface area contributed by atoms with Crippen LogP contribution in [0.5, 0.6) is 0 Å². The minimum atomic E-state index is -1.03. The largest absolute Gasteiger partial charge is 0.339 e. The lowest BCUT2D eigenvalue weighted by Crippen LogP contribution is -2.50. The van der Waals surface area contributed by atoms with Gasteiger partial charge in [-0.25, -0.2) is 5.48 Å². The number of nitrogens with one attached hydrogen (secondary N) is 3. The molecule has 1 aliphatic rings. The molecule has 1 aliphatic heterocycles. The summed E-state index contributed by atoms with van der Waals surface area (Å²) < 4.78 is 0. The molecular weight excluding hydrogens is 434 g/mol. The number of carbonyl (C=O) groups is 3. The maximum atomic E-state index is 12.2. The molecule has 34 heavy (non-hydrogen) atoms. The van der Waals surface area contributed by atoms with Gasteiger partial charge in [0, 0.05) is 28.9 Å². The van der Waals surface area contributed by atoms with Crippen LogP contribution in [0.25, 0.3) is 0 Å². The summed E-state index contributed by atoms with van der Waals surface area (Å²) in [6.07, 6.45) is 3.53. The van der Waals surface area contributed by atoms with Gasteiger partial charge in [-0.1, -0.05) is 18.3 Å². The summed E-state index contributed by atoms with van der Waals surface area (Å²) in [5, 5.41) is 14.1. The Morgan fingerprint density at radius 2 is 1.53 bits per heavy atom. The van der Waals surface area contributed by atoms with Gasteiger partial charge in [0.2, 0.25) is 5.91 Å². The van der Waals surface area contributed by atoms with E-state index < -0.39 is 17.9 Å². The number of piperidine rings is 1. The molecule has 2 aromatic rings. The molecule has 9 heteroatoms. The first-order valence-corrected chi connectivity index (χ1v) is 11.2. The third kappa shape index (κ3) is 7.42. The molecule has 0 radical (unpaired) electrons. The van der Waals surface area contributed by atoms with Crippen molar-refractivity contribution in [2.75, 3.05) is 31.5 Å². The molecule has 9 nitrogen and oxygen atoms in total. The van der Waals surface area contributed by atoms with Gasteiger partial charge in [-0.3, -0.25) is 24.5 Å². The van der Waals surface area contributed by atoms with Gasteiger partial charge in [-0.05, 0) is 74.5 Å². The Bertz CT molecular complexity index is 1050. The molecule has 1 atom stereocenters. The van der Waals surface area contributed by atoms with Gasteiger partial charge < -0.3 is 16.4 Å². The number of amides is 3. The van der Waals surface area contributed by atoms with E-state index in [1.807, 2.05) is 24.3 Å². The second kappa shape index (κ2) is 12.5. The monoisotopic (exact) mass is 463 g/mol.